The van der Waals surface area contributed by atoms with E-state index in [1.54, 1.807) is 23.9 Å². The zero-order valence-corrected chi connectivity index (χ0v) is 12.2. The maximum Gasteiger partial charge on any atom is 0.225 e. The maximum absolute atomic E-state index is 12.7. The van der Waals surface area contributed by atoms with E-state index in [1.165, 1.54) is 12.1 Å². The van der Waals surface area contributed by atoms with Gasteiger partial charge in [0, 0.05) is 27.8 Å². The second kappa shape index (κ2) is 7.31. The average Bonchev–Trinajstić information content (AvgIpc) is 2.44. The van der Waals surface area contributed by atoms with E-state index < -0.39 is 0 Å². The first-order valence-electron chi connectivity index (χ1n) is 6.07. The van der Waals surface area contributed by atoms with Gasteiger partial charge in [0.2, 0.25) is 5.91 Å². The molecule has 0 atom stereocenters. The van der Waals surface area contributed by atoms with E-state index in [-0.39, 0.29) is 11.7 Å². The summed E-state index contributed by atoms with van der Waals surface area (Å²) in [7, 11) is 0. The lowest BCUT2D eigenvalue weighted by Crippen LogP contribution is -2.12. The smallest absolute Gasteiger partial charge is 0.225 e. The molecule has 0 fully saturated rings. The molecule has 1 N–H and O–H groups in total. The first-order chi connectivity index (χ1) is 9.63. The molecule has 2 rings (SSSR count). The number of carbonyl (C=O) groups excluding carboxylic acids is 1. The van der Waals surface area contributed by atoms with E-state index in [0.717, 1.165) is 4.90 Å². The Labute approximate surface area is 126 Å². The lowest BCUT2D eigenvalue weighted by atomic mass is 10.3. The van der Waals surface area contributed by atoms with Crippen molar-refractivity contribution in [3.8, 4) is 0 Å². The van der Waals surface area contributed by atoms with Gasteiger partial charge in [-0.15, -0.1) is 11.8 Å². The van der Waals surface area contributed by atoms with Gasteiger partial charge >= 0.3 is 0 Å². The summed E-state index contributed by atoms with van der Waals surface area (Å²) in [4.78, 5) is 12.8. The molecule has 0 unspecified atom stereocenters. The van der Waals surface area contributed by atoms with Crippen LogP contribution in [0.5, 0.6) is 0 Å². The first-order valence-corrected chi connectivity index (χ1v) is 7.43. The van der Waals surface area contributed by atoms with Crippen molar-refractivity contribution in [1.82, 2.24) is 0 Å². The summed E-state index contributed by atoms with van der Waals surface area (Å²) in [6.45, 7) is 0. The van der Waals surface area contributed by atoms with E-state index in [1.807, 2.05) is 24.3 Å². The van der Waals surface area contributed by atoms with Crippen LogP contribution in [-0.4, -0.2) is 11.7 Å². The molecule has 0 aliphatic heterocycles. The third kappa shape index (κ3) is 4.87. The van der Waals surface area contributed by atoms with Crippen LogP contribution in [0, 0.1) is 5.82 Å². The van der Waals surface area contributed by atoms with Crippen molar-refractivity contribution in [3.63, 3.8) is 0 Å². The van der Waals surface area contributed by atoms with E-state index in [2.05, 4.69) is 5.32 Å². The van der Waals surface area contributed by atoms with Gasteiger partial charge in [0.05, 0.1) is 0 Å². The Kier molecular flexibility index (Phi) is 5.44. The first kappa shape index (κ1) is 14.9. The lowest BCUT2D eigenvalue weighted by molar-refractivity contribution is -0.115. The number of rotatable bonds is 5. The second-order valence-electron chi connectivity index (χ2n) is 4.11. The van der Waals surface area contributed by atoms with Gasteiger partial charge in [-0.25, -0.2) is 4.39 Å². The summed E-state index contributed by atoms with van der Waals surface area (Å²) in [5.74, 6) is 0.272. The molecule has 1 amide bonds. The number of amides is 1. The Bertz CT molecular complexity index is 571. The van der Waals surface area contributed by atoms with E-state index >= 15 is 0 Å². The van der Waals surface area contributed by atoms with Crippen LogP contribution < -0.4 is 5.32 Å². The van der Waals surface area contributed by atoms with Crippen molar-refractivity contribution < 1.29 is 9.18 Å². The molecular formula is C15H13ClFNOS. The highest BCUT2D eigenvalue weighted by atomic mass is 35.5. The van der Waals surface area contributed by atoms with E-state index in [9.17, 15) is 9.18 Å². The lowest BCUT2D eigenvalue weighted by Gasteiger charge is -2.05. The molecule has 0 bridgehead atoms. The fourth-order valence-corrected chi connectivity index (χ4v) is 2.53. The molecule has 5 heteroatoms. The molecule has 0 aromatic heterocycles. The minimum atomic E-state index is -0.318. The summed E-state index contributed by atoms with van der Waals surface area (Å²) in [6, 6.07) is 13.2. The Morgan fingerprint density at radius 2 is 1.75 bits per heavy atom. The molecule has 20 heavy (non-hydrogen) atoms. The van der Waals surface area contributed by atoms with Gasteiger partial charge in [0.15, 0.2) is 0 Å². The molecule has 2 nitrogen and oxygen atoms in total. The number of carbonyl (C=O) groups is 1. The van der Waals surface area contributed by atoms with Crippen LogP contribution in [0.3, 0.4) is 0 Å². The van der Waals surface area contributed by atoms with Crippen molar-refractivity contribution >= 4 is 35.0 Å². The van der Waals surface area contributed by atoms with Crippen LogP contribution in [0.2, 0.25) is 5.02 Å². The highest BCUT2D eigenvalue weighted by Crippen LogP contribution is 2.21. The van der Waals surface area contributed by atoms with Crippen LogP contribution in [0.15, 0.2) is 53.4 Å². The maximum atomic E-state index is 12.7. The Morgan fingerprint density at radius 3 is 2.40 bits per heavy atom. The molecular weight excluding hydrogens is 297 g/mol. The highest BCUT2D eigenvalue weighted by molar-refractivity contribution is 7.99. The third-order valence-corrected chi connectivity index (χ3v) is 3.81. The fraction of sp³-hybridized carbons (Fsp3) is 0.133. The second-order valence-corrected chi connectivity index (χ2v) is 5.71. The monoisotopic (exact) mass is 309 g/mol. The molecule has 104 valence electrons. The topological polar surface area (TPSA) is 29.1 Å². The molecule has 2 aromatic rings. The largest absolute Gasteiger partial charge is 0.326 e. The van der Waals surface area contributed by atoms with Crippen molar-refractivity contribution in [3.05, 3.63) is 59.4 Å². The molecule has 0 spiro atoms. The average molecular weight is 310 g/mol. The summed E-state index contributed by atoms with van der Waals surface area (Å²) < 4.78 is 12.7. The predicted molar refractivity (Wildman–Crippen MR) is 81.8 cm³/mol. The Balaban J connectivity index is 1.75. The third-order valence-electron chi connectivity index (χ3n) is 2.54. The standard InChI is InChI=1S/C15H13ClFNOS/c16-11-1-7-14(8-2-11)20-10-9-15(19)18-13-5-3-12(17)4-6-13/h1-8H,9-10H2,(H,18,19). The van der Waals surface area contributed by atoms with Crippen LogP contribution >= 0.6 is 23.4 Å². The number of hydrogen-bond donors (Lipinski definition) is 1. The van der Waals surface area contributed by atoms with Crippen molar-refractivity contribution in [2.45, 2.75) is 11.3 Å². The molecule has 2 aromatic carbocycles. The fourth-order valence-electron chi connectivity index (χ4n) is 1.55. The minimum Gasteiger partial charge on any atom is -0.326 e. The predicted octanol–water partition coefficient (Wildman–Crippen LogP) is 4.60. The van der Waals surface area contributed by atoms with Gasteiger partial charge in [0.25, 0.3) is 0 Å². The Morgan fingerprint density at radius 1 is 1.10 bits per heavy atom. The van der Waals surface area contributed by atoms with Gasteiger partial charge in [-0.05, 0) is 48.5 Å². The summed E-state index contributed by atoms with van der Waals surface area (Å²) >= 11 is 7.39. The molecule has 0 saturated carbocycles. The van der Waals surface area contributed by atoms with Gasteiger partial charge in [-0.3, -0.25) is 4.79 Å². The number of hydrogen-bond acceptors (Lipinski definition) is 2. The summed E-state index contributed by atoms with van der Waals surface area (Å²) in [5, 5.41) is 3.42. The zero-order chi connectivity index (χ0) is 14.4. The molecule has 0 aliphatic carbocycles. The van der Waals surface area contributed by atoms with E-state index in [4.69, 9.17) is 11.6 Å². The minimum absolute atomic E-state index is 0.0851. The Hall–Kier alpha value is -1.52. The van der Waals surface area contributed by atoms with Crippen LogP contribution in [-0.2, 0) is 4.79 Å². The summed E-state index contributed by atoms with van der Waals surface area (Å²) in [6.07, 6.45) is 0.394. The number of halogens is 2. The van der Waals surface area contributed by atoms with Gasteiger partial charge in [0.1, 0.15) is 5.82 Å². The van der Waals surface area contributed by atoms with Gasteiger partial charge in [-0.2, -0.15) is 0 Å². The molecule has 0 saturated heterocycles. The van der Waals surface area contributed by atoms with Crippen LogP contribution in [0.1, 0.15) is 6.42 Å². The SMILES string of the molecule is O=C(CCSc1ccc(Cl)cc1)Nc1ccc(F)cc1. The number of thioether (sulfide) groups is 1. The van der Waals surface area contributed by atoms with Crippen molar-refractivity contribution in [2.75, 3.05) is 11.1 Å². The number of anilines is 1. The normalized spacial score (nSPS) is 10.3. The number of benzene rings is 2. The van der Waals surface area contributed by atoms with Crippen LogP contribution in [0.25, 0.3) is 0 Å². The van der Waals surface area contributed by atoms with Gasteiger partial charge < -0.3 is 5.32 Å². The molecule has 0 heterocycles. The highest BCUT2D eigenvalue weighted by Gasteiger charge is 2.03. The number of nitrogens with one attached hydrogen (secondary N) is 1. The zero-order valence-electron chi connectivity index (χ0n) is 10.6. The van der Waals surface area contributed by atoms with Crippen LogP contribution in [0.4, 0.5) is 10.1 Å². The van der Waals surface area contributed by atoms with Crippen molar-refractivity contribution in [2.24, 2.45) is 0 Å². The quantitative estimate of drug-likeness (QED) is 0.818. The van der Waals surface area contributed by atoms with E-state index in [0.29, 0.717) is 22.9 Å². The molecule has 0 aliphatic rings. The van der Waals surface area contributed by atoms with Crippen molar-refractivity contribution in [1.29, 1.82) is 0 Å². The van der Waals surface area contributed by atoms with Gasteiger partial charge in [-0.1, -0.05) is 11.6 Å². The molecule has 0 radical (unpaired) electrons. The summed E-state index contributed by atoms with van der Waals surface area (Å²) in [5.41, 5.74) is 0.605.